The summed E-state index contributed by atoms with van der Waals surface area (Å²) < 4.78 is 0. The molecule has 23 heavy (non-hydrogen) atoms. The Kier molecular flexibility index (Phi) is 4.85. The number of nitrogens with one attached hydrogen (secondary N) is 2. The van der Waals surface area contributed by atoms with Crippen LogP contribution in [0.3, 0.4) is 0 Å². The molecule has 2 N–H and O–H groups in total. The van der Waals surface area contributed by atoms with Crippen molar-refractivity contribution in [2.45, 2.75) is 32.1 Å². The molecule has 0 bridgehead atoms. The molecule has 1 aliphatic rings. The van der Waals surface area contributed by atoms with E-state index in [0.717, 1.165) is 50.3 Å². The van der Waals surface area contributed by atoms with E-state index < -0.39 is 0 Å². The van der Waals surface area contributed by atoms with Gasteiger partial charge in [0, 0.05) is 43.5 Å². The van der Waals surface area contributed by atoms with Crippen molar-refractivity contribution in [3.05, 3.63) is 30.4 Å². The Morgan fingerprint density at radius 3 is 2.78 bits per heavy atom. The van der Waals surface area contributed by atoms with Crippen molar-refractivity contribution in [2.24, 2.45) is 0 Å². The van der Waals surface area contributed by atoms with Gasteiger partial charge < -0.3 is 10.2 Å². The summed E-state index contributed by atoms with van der Waals surface area (Å²) >= 11 is 0. The van der Waals surface area contributed by atoms with E-state index >= 15 is 0 Å². The number of aromatic amines is 1. The average molecular weight is 314 g/mol. The van der Waals surface area contributed by atoms with Gasteiger partial charge in [0.25, 0.3) is 0 Å². The molecule has 2 aromatic rings. The highest BCUT2D eigenvalue weighted by Gasteiger charge is 2.25. The fourth-order valence-electron chi connectivity index (χ4n) is 2.79. The Morgan fingerprint density at radius 1 is 1.35 bits per heavy atom. The molecule has 1 fully saturated rings. The van der Waals surface area contributed by atoms with E-state index in [9.17, 15) is 4.79 Å². The molecule has 3 heterocycles. The van der Waals surface area contributed by atoms with Crippen molar-refractivity contribution in [1.82, 2.24) is 30.4 Å². The molecule has 0 radical (unpaired) electrons. The number of pyridine rings is 1. The van der Waals surface area contributed by atoms with Gasteiger partial charge in [-0.25, -0.2) is 9.78 Å². The van der Waals surface area contributed by atoms with Crippen molar-refractivity contribution in [2.75, 3.05) is 19.6 Å². The predicted octanol–water partition coefficient (Wildman–Crippen LogP) is 2.17. The fraction of sp³-hybridized carbons (Fsp3) is 0.500. The van der Waals surface area contributed by atoms with E-state index in [0.29, 0.717) is 11.7 Å². The summed E-state index contributed by atoms with van der Waals surface area (Å²) in [5.74, 6) is 1.93. The third-order valence-electron chi connectivity index (χ3n) is 4.14. The van der Waals surface area contributed by atoms with Gasteiger partial charge in [0.2, 0.25) is 0 Å². The number of rotatable bonds is 4. The Hall–Kier alpha value is -2.44. The van der Waals surface area contributed by atoms with Gasteiger partial charge in [0.15, 0.2) is 5.82 Å². The summed E-state index contributed by atoms with van der Waals surface area (Å²) in [6.07, 6.45) is 6.24. The van der Waals surface area contributed by atoms with Crippen LogP contribution in [0.5, 0.6) is 0 Å². The minimum atomic E-state index is 0.0420. The molecule has 0 atom stereocenters. The number of urea groups is 1. The number of amides is 2. The number of aromatic nitrogens is 4. The number of nitrogens with zero attached hydrogens (tertiary/aromatic N) is 4. The van der Waals surface area contributed by atoms with Crippen LogP contribution in [0.4, 0.5) is 4.79 Å². The molecule has 2 amide bonds. The lowest BCUT2D eigenvalue weighted by Crippen LogP contribution is -2.44. The maximum Gasteiger partial charge on any atom is 0.317 e. The summed E-state index contributed by atoms with van der Waals surface area (Å²) in [5, 5.41) is 10.3. The molecule has 2 aromatic heterocycles. The van der Waals surface area contributed by atoms with Crippen LogP contribution in [0.2, 0.25) is 0 Å². The van der Waals surface area contributed by atoms with E-state index in [-0.39, 0.29) is 6.03 Å². The van der Waals surface area contributed by atoms with E-state index in [1.165, 1.54) is 0 Å². The fourth-order valence-corrected chi connectivity index (χ4v) is 2.79. The van der Waals surface area contributed by atoms with Gasteiger partial charge in [-0.2, -0.15) is 5.10 Å². The number of hydrogen-bond acceptors (Lipinski definition) is 4. The summed E-state index contributed by atoms with van der Waals surface area (Å²) in [6, 6.07) is 3.83. The topological polar surface area (TPSA) is 86.8 Å². The molecule has 0 unspecified atom stereocenters. The molecule has 3 rings (SSSR count). The lowest BCUT2D eigenvalue weighted by atomic mass is 9.96. The van der Waals surface area contributed by atoms with Gasteiger partial charge in [-0.3, -0.25) is 10.1 Å². The summed E-state index contributed by atoms with van der Waals surface area (Å²) in [6.45, 7) is 4.30. The van der Waals surface area contributed by atoms with Crippen LogP contribution in [-0.4, -0.2) is 50.7 Å². The highest BCUT2D eigenvalue weighted by molar-refractivity contribution is 5.74. The molecule has 7 heteroatoms. The minimum absolute atomic E-state index is 0.0420. The SMILES string of the molecule is CCCNC(=O)N1CCC(c2nc(-c3ccncc3)n[nH]2)CC1. The van der Waals surface area contributed by atoms with E-state index in [1.807, 2.05) is 17.0 Å². The zero-order valence-corrected chi connectivity index (χ0v) is 13.3. The van der Waals surface area contributed by atoms with Crippen molar-refractivity contribution in [1.29, 1.82) is 0 Å². The number of carbonyl (C=O) groups excluding carboxylic acids is 1. The van der Waals surface area contributed by atoms with Crippen LogP contribution >= 0.6 is 0 Å². The maximum atomic E-state index is 12.0. The molecular weight excluding hydrogens is 292 g/mol. The second-order valence-corrected chi connectivity index (χ2v) is 5.77. The normalized spacial score (nSPS) is 15.6. The standard InChI is InChI=1S/C16H22N6O/c1-2-7-18-16(23)22-10-5-13(6-11-22)15-19-14(20-21-15)12-3-8-17-9-4-12/h3-4,8-9,13H,2,5-7,10-11H2,1H3,(H,18,23)(H,19,20,21). The molecule has 0 saturated carbocycles. The molecule has 7 nitrogen and oxygen atoms in total. The Morgan fingerprint density at radius 2 is 2.09 bits per heavy atom. The zero-order chi connectivity index (χ0) is 16.1. The van der Waals surface area contributed by atoms with Crippen LogP contribution in [0.15, 0.2) is 24.5 Å². The Balaban J connectivity index is 1.58. The van der Waals surface area contributed by atoms with E-state index in [4.69, 9.17) is 0 Å². The average Bonchev–Trinajstić information content (AvgIpc) is 3.11. The van der Waals surface area contributed by atoms with Gasteiger partial charge in [-0.1, -0.05) is 6.92 Å². The Labute approximate surface area is 135 Å². The zero-order valence-electron chi connectivity index (χ0n) is 13.3. The third-order valence-corrected chi connectivity index (χ3v) is 4.14. The number of H-pyrrole nitrogens is 1. The lowest BCUT2D eigenvalue weighted by molar-refractivity contribution is 0.180. The molecule has 1 aliphatic heterocycles. The lowest BCUT2D eigenvalue weighted by Gasteiger charge is -2.31. The first-order valence-corrected chi connectivity index (χ1v) is 8.13. The summed E-state index contributed by atoms with van der Waals surface area (Å²) in [7, 11) is 0. The highest BCUT2D eigenvalue weighted by atomic mass is 16.2. The van der Waals surface area contributed by atoms with Crippen molar-refractivity contribution in [3.8, 4) is 11.4 Å². The van der Waals surface area contributed by atoms with Gasteiger partial charge >= 0.3 is 6.03 Å². The van der Waals surface area contributed by atoms with Gasteiger partial charge in [-0.05, 0) is 31.4 Å². The molecule has 1 saturated heterocycles. The van der Waals surface area contributed by atoms with E-state index in [2.05, 4.69) is 32.4 Å². The third kappa shape index (κ3) is 3.67. The maximum absolute atomic E-state index is 12.0. The first-order valence-electron chi connectivity index (χ1n) is 8.13. The van der Waals surface area contributed by atoms with Crippen molar-refractivity contribution >= 4 is 6.03 Å². The second kappa shape index (κ2) is 7.21. The highest BCUT2D eigenvalue weighted by Crippen LogP contribution is 2.26. The number of piperidine rings is 1. The minimum Gasteiger partial charge on any atom is -0.338 e. The van der Waals surface area contributed by atoms with Gasteiger partial charge in [0.05, 0.1) is 0 Å². The number of likely N-dealkylation sites (tertiary alicyclic amines) is 1. The van der Waals surface area contributed by atoms with Crippen molar-refractivity contribution < 1.29 is 4.79 Å². The number of carbonyl (C=O) groups is 1. The van der Waals surface area contributed by atoms with E-state index in [1.54, 1.807) is 12.4 Å². The monoisotopic (exact) mass is 314 g/mol. The largest absolute Gasteiger partial charge is 0.338 e. The first-order chi connectivity index (χ1) is 11.3. The molecule has 122 valence electrons. The number of hydrogen-bond donors (Lipinski definition) is 2. The predicted molar refractivity (Wildman–Crippen MR) is 86.9 cm³/mol. The Bertz CT molecular complexity index is 633. The van der Waals surface area contributed by atoms with Crippen LogP contribution < -0.4 is 5.32 Å². The van der Waals surface area contributed by atoms with Crippen LogP contribution in [-0.2, 0) is 0 Å². The summed E-state index contributed by atoms with van der Waals surface area (Å²) in [4.78, 5) is 22.5. The second-order valence-electron chi connectivity index (χ2n) is 5.77. The molecule has 0 aromatic carbocycles. The van der Waals surface area contributed by atoms with Gasteiger partial charge in [-0.15, -0.1) is 0 Å². The first kappa shape index (κ1) is 15.5. The van der Waals surface area contributed by atoms with Crippen LogP contribution in [0.1, 0.15) is 37.9 Å². The summed E-state index contributed by atoms with van der Waals surface area (Å²) in [5.41, 5.74) is 0.957. The van der Waals surface area contributed by atoms with Crippen LogP contribution in [0.25, 0.3) is 11.4 Å². The smallest absolute Gasteiger partial charge is 0.317 e. The van der Waals surface area contributed by atoms with Crippen LogP contribution in [0, 0.1) is 0 Å². The van der Waals surface area contributed by atoms with Gasteiger partial charge in [0.1, 0.15) is 5.82 Å². The molecule has 0 spiro atoms. The quantitative estimate of drug-likeness (QED) is 0.905. The molecule has 0 aliphatic carbocycles. The molecular formula is C16H22N6O. The van der Waals surface area contributed by atoms with Crippen molar-refractivity contribution in [3.63, 3.8) is 0 Å².